The van der Waals surface area contributed by atoms with Crippen LogP contribution in [0.25, 0.3) is 56.0 Å². The maximum atomic E-state index is 13.7. The number of alkyl halides is 6. The topological polar surface area (TPSA) is 35.6 Å². The summed E-state index contributed by atoms with van der Waals surface area (Å²) in [6.07, 6.45) is -9.26. The maximum Gasteiger partial charge on any atom is 0.416 e. The van der Waals surface area contributed by atoms with E-state index >= 15 is 0 Å². The number of benzene rings is 5. The quantitative estimate of drug-likeness (QED) is 0.186. The van der Waals surface area contributed by atoms with Crippen LogP contribution in [0, 0.1) is 6.92 Å². The molecular weight excluding hydrogens is 590 g/mol. The van der Waals surface area contributed by atoms with Crippen LogP contribution in [0.1, 0.15) is 16.7 Å². The molecule has 0 saturated heterocycles. The Morgan fingerprint density at radius 2 is 0.933 bits per heavy atom. The van der Waals surface area contributed by atoms with Gasteiger partial charge in [-0.3, -0.25) is 4.57 Å². The Labute approximate surface area is 252 Å². The van der Waals surface area contributed by atoms with E-state index in [-0.39, 0.29) is 11.0 Å². The Morgan fingerprint density at radius 1 is 0.489 bits per heavy atom. The van der Waals surface area contributed by atoms with Crippen LogP contribution in [0.4, 0.5) is 26.3 Å². The number of hydrogen-bond donors (Lipinski definition) is 0. The van der Waals surface area contributed by atoms with Gasteiger partial charge in [-0.15, -0.1) is 10.2 Å². The number of rotatable bonds is 4. The number of hydrogen-bond acceptors (Lipinski definition) is 2. The minimum Gasteiger partial charge on any atom is -0.309 e. The molecule has 0 aliphatic rings. The van der Waals surface area contributed by atoms with E-state index in [1.54, 1.807) is 24.3 Å². The Kier molecular flexibility index (Phi) is 6.54. The molecule has 2 aromatic heterocycles. The zero-order chi connectivity index (χ0) is 31.5. The van der Waals surface area contributed by atoms with Gasteiger partial charge in [-0.05, 0) is 67.6 Å². The Morgan fingerprint density at radius 3 is 1.40 bits per heavy atom. The molecule has 0 fully saturated rings. The van der Waals surface area contributed by atoms with Crippen molar-refractivity contribution >= 4 is 21.8 Å². The predicted octanol–water partition coefficient (Wildman–Crippen LogP) is 10.0. The number of nitrogens with zero attached hydrogens (tertiary/aromatic N) is 4. The summed E-state index contributed by atoms with van der Waals surface area (Å²) in [6.45, 7) is 1.99. The first-order valence-corrected chi connectivity index (χ1v) is 13.9. The average Bonchev–Trinajstić information content (AvgIpc) is 3.60. The third kappa shape index (κ3) is 5.02. The zero-order valence-corrected chi connectivity index (χ0v) is 23.5. The van der Waals surface area contributed by atoms with Gasteiger partial charge in [0.2, 0.25) is 0 Å². The first-order valence-electron chi connectivity index (χ1n) is 13.9. The van der Waals surface area contributed by atoms with Crippen LogP contribution in [0.15, 0.2) is 115 Å². The summed E-state index contributed by atoms with van der Waals surface area (Å²) in [5.41, 5.74) is 2.29. The van der Waals surface area contributed by atoms with Crippen LogP contribution in [0.3, 0.4) is 0 Å². The molecule has 0 amide bonds. The van der Waals surface area contributed by atoms with Crippen molar-refractivity contribution in [3.05, 3.63) is 132 Å². The molecule has 0 radical (unpaired) electrons. The molecule has 0 unspecified atom stereocenters. The smallest absolute Gasteiger partial charge is 0.309 e. The molecule has 45 heavy (non-hydrogen) atoms. The molecule has 0 saturated carbocycles. The van der Waals surface area contributed by atoms with Gasteiger partial charge in [0.1, 0.15) is 0 Å². The van der Waals surface area contributed by atoms with Crippen molar-refractivity contribution in [2.75, 3.05) is 0 Å². The van der Waals surface area contributed by atoms with Gasteiger partial charge in [-0.1, -0.05) is 60.2 Å². The Hall–Kier alpha value is -5.38. The first-order chi connectivity index (χ1) is 21.5. The summed E-state index contributed by atoms with van der Waals surface area (Å²) in [4.78, 5) is 0. The molecule has 0 spiro atoms. The molecular formula is C35H22F6N4. The highest BCUT2D eigenvalue weighted by molar-refractivity contribution is 6.09. The van der Waals surface area contributed by atoms with Crippen LogP contribution >= 0.6 is 0 Å². The third-order valence-electron chi connectivity index (χ3n) is 7.79. The van der Waals surface area contributed by atoms with E-state index in [0.717, 1.165) is 41.1 Å². The van der Waals surface area contributed by atoms with Gasteiger partial charge in [0.05, 0.1) is 22.2 Å². The number of aromatic nitrogens is 4. The minimum atomic E-state index is -4.63. The first kappa shape index (κ1) is 28.4. The number of fused-ring (bicyclic) bond motifs is 3. The fourth-order valence-electron chi connectivity index (χ4n) is 5.59. The lowest BCUT2D eigenvalue weighted by molar-refractivity contribution is -0.138. The van der Waals surface area contributed by atoms with Crippen molar-refractivity contribution in [2.45, 2.75) is 19.3 Å². The molecule has 0 aliphatic carbocycles. The van der Waals surface area contributed by atoms with Crippen molar-refractivity contribution in [1.29, 1.82) is 0 Å². The lowest BCUT2D eigenvalue weighted by Gasteiger charge is -2.13. The summed E-state index contributed by atoms with van der Waals surface area (Å²) in [7, 11) is 0. The van der Waals surface area contributed by atoms with Gasteiger partial charge in [0.15, 0.2) is 11.6 Å². The SMILES string of the molecule is Cc1ccc(-c2nnc(-c3ccc(-n4c5cc(C(F)(F)F)ccc5c5ccc(C(F)(F)F)cc54)cc3)n2-c2ccccc2)cc1. The number of halogens is 6. The molecule has 7 rings (SSSR count). The fraction of sp³-hybridized carbons (Fsp3) is 0.0857. The highest BCUT2D eigenvalue weighted by atomic mass is 19.4. The predicted molar refractivity (Wildman–Crippen MR) is 161 cm³/mol. The molecule has 4 nitrogen and oxygen atoms in total. The number of aryl methyl sites for hydroxylation is 1. The van der Waals surface area contributed by atoms with Crippen LogP contribution in [-0.2, 0) is 12.4 Å². The van der Waals surface area contributed by atoms with Gasteiger partial charge >= 0.3 is 12.4 Å². The zero-order valence-electron chi connectivity index (χ0n) is 23.5. The minimum absolute atomic E-state index is 0.140. The summed E-state index contributed by atoms with van der Waals surface area (Å²) < 4.78 is 85.6. The summed E-state index contributed by atoms with van der Waals surface area (Å²) in [5.74, 6) is 1.13. The van der Waals surface area contributed by atoms with E-state index in [2.05, 4.69) is 10.2 Å². The number of para-hydroxylation sites is 1. The van der Waals surface area contributed by atoms with E-state index in [1.807, 2.05) is 66.1 Å². The van der Waals surface area contributed by atoms with E-state index < -0.39 is 23.5 Å². The van der Waals surface area contributed by atoms with Gasteiger partial charge in [-0.25, -0.2) is 0 Å². The van der Waals surface area contributed by atoms with Gasteiger partial charge in [0, 0.05) is 33.3 Å². The van der Waals surface area contributed by atoms with Crippen LogP contribution < -0.4 is 0 Å². The van der Waals surface area contributed by atoms with E-state index in [0.29, 0.717) is 33.7 Å². The Bertz CT molecular complexity index is 2100. The lowest BCUT2D eigenvalue weighted by atomic mass is 10.1. The van der Waals surface area contributed by atoms with Gasteiger partial charge < -0.3 is 4.57 Å². The van der Waals surface area contributed by atoms with Crippen LogP contribution in [0.2, 0.25) is 0 Å². The van der Waals surface area contributed by atoms with Crippen molar-refractivity contribution < 1.29 is 26.3 Å². The second-order valence-corrected chi connectivity index (χ2v) is 10.7. The van der Waals surface area contributed by atoms with Crippen molar-refractivity contribution in [3.8, 4) is 34.2 Å². The maximum absolute atomic E-state index is 13.7. The average molecular weight is 613 g/mol. The van der Waals surface area contributed by atoms with Gasteiger partial charge in [0.25, 0.3) is 0 Å². The van der Waals surface area contributed by atoms with E-state index in [1.165, 1.54) is 16.7 Å². The second-order valence-electron chi connectivity index (χ2n) is 10.7. The van der Waals surface area contributed by atoms with Crippen molar-refractivity contribution in [2.24, 2.45) is 0 Å². The second kappa shape index (κ2) is 10.4. The summed E-state index contributed by atoms with van der Waals surface area (Å²) in [5, 5.41) is 9.78. The van der Waals surface area contributed by atoms with Gasteiger partial charge in [-0.2, -0.15) is 26.3 Å². The third-order valence-corrected chi connectivity index (χ3v) is 7.79. The molecule has 7 aromatic rings. The molecule has 0 aliphatic heterocycles. The monoisotopic (exact) mass is 612 g/mol. The van der Waals surface area contributed by atoms with Crippen molar-refractivity contribution in [3.63, 3.8) is 0 Å². The standard InChI is InChI=1S/C35H22F6N4/c1-21-7-9-22(10-8-21)32-42-43-33(45(32)26-5-3-2-4-6-26)23-11-15-27(16-12-23)44-30-19-24(34(36,37)38)13-17-28(30)29-18-14-25(20-31(29)44)35(39,40)41/h2-20H,1H3. The summed E-state index contributed by atoms with van der Waals surface area (Å²) in [6, 6.07) is 30.6. The molecule has 0 atom stereocenters. The van der Waals surface area contributed by atoms with Crippen molar-refractivity contribution in [1.82, 2.24) is 19.3 Å². The molecule has 224 valence electrons. The van der Waals surface area contributed by atoms with Crippen LogP contribution in [-0.4, -0.2) is 19.3 Å². The highest BCUT2D eigenvalue weighted by Gasteiger charge is 2.33. The lowest BCUT2D eigenvalue weighted by Crippen LogP contribution is -2.05. The molecule has 0 N–H and O–H groups in total. The van der Waals surface area contributed by atoms with E-state index in [4.69, 9.17) is 0 Å². The highest BCUT2D eigenvalue weighted by Crippen LogP contribution is 2.40. The summed E-state index contributed by atoms with van der Waals surface area (Å²) >= 11 is 0. The molecule has 10 heteroatoms. The molecule has 2 heterocycles. The molecule has 0 bridgehead atoms. The Balaban J connectivity index is 1.41. The fourth-order valence-corrected chi connectivity index (χ4v) is 5.59. The molecule has 5 aromatic carbocycles. The van der Waals surface area contributed by atoms with E-state index in [9.17, 15) is 26.3 Å². The van der Waals surface area contributed by atoms with Crippen LogP contribution in [0.5, 0.6) is 0 Å². The normalized spacial score (nSPS) is 12.3. The largest absolute Gasteiger partial charge is 0.416 e.